The minimum atomic E-state index is -3.51. The van der Waals surface area contributed by atoms with Crippen LogP contribution in [0.5, 0.6) is 0 Å². The molecule has 20 heavy (non-hydrogen) atoms. The number of nitrogens with two attached hydrogens (primary N) is 1. The molecule has 0 spiro atoms. The van der Waals surface area contributed by atoms with E-state index in [1.54, 1.807) is 26.0 Å². The molecule has 0 amide bonds. The van der Waals surface area contributed by atoms with Gasteiger partial charge < -0.3 is 10.6 Å². The van der Waals surface area contributed by atoms with E-state index in [0.717, 1.165) is 31.5 Å². The maximum Gasteiger partial charge on any atom is 0.241 e. The summed E-state index contributed by atoms with van der Waals surface area (Å²) >= 11 is 0. The second-order valence-electron chi connectivity index (χ2n) is 5.62. The summed E-state index contributed by atoms with van der Waals surface area (Å²) in [6.45, 7) is 5.39. The Kier molecular flexibility index (Phi) is 4.36. The quantitative estimate of drug-likeness (QED) is 0.824. The van der Waals surface area contributed by atoms with Crippen molar-refractivity contribution in [3.05, 3.63) is 23.3 Å². The number of nitrogens with zero attached hydrogens (tertiary/aromatic N) is 1. The van der Waals surface area contributed by atoms with Crippen molar-refractivity contribution in [3.63, 3.8) is 0 Å². The molecule has 5 nitrogen and oxygen atoms in total. The highest BCUT2D eigenvalue weighted by Crippen LogP contribution is 2.25. The van der Waals surface area contributed by atoms with Gasteiger partial charge in [0, 0.05) is 11.7 Å². The van der Waals surface area contributed by atoms with E-state index >= 15 is 0 Å². The molecule has 0 radical (unpaired) electrons. The topological polar surface area (TPSA) is 75.4 Å². The average molecular weight is 297 g/mol. The predicted octanol–water partition coefficient (Wildman–Crippen LogP) is 1.26. The number of rotatable bonds is 3. The van der Waals surface area contributed by atoms with Gasteiger partial charge in [0.2, 0.25) is 10.0 Å². The summed E-state index contributed by atoms with van der Waals surface area (Å²) in [5, 5.41) is 0. The van der Waals surface area contributed by atoms with Crippen LogP contribution in [-0.2, 0) is 10.0 Å². The summed E-state index contributed by atoms with van der Waals surface area (Å²) in [7, 11) is -1.46. The van der Waals surface area contributed by atoms with Crippen LogP contribution >= 0.6 is 0 Å². The molecule has 1 aliphatic rings. The Morgan fingerprint density at radius 2 is 1.85 bits per heavy atom. The number of benzene rings is 1. The first-order chi connectivity index (χ1) is 9.31. The Hall–Kier alpha value is -1.11. The normalized spacial score (nSPS) is 18.4. The van der Waals surface area contributed by atoms with Gasteiger partial charge in [0.15, 0.2) is 0 Å². The minimum absolute atomic E-state index is 0.0106. The third kappa shape index (κ3) is 3.13. The number of likely N-dealkylation sites (tertiary alicyclic amines) is 1. The van der Waals surface area contributed by atoms with Crippen LogP contribution in [0.25, 0.3) is 0 Å². The van der Waals surface area contributed by atoms with Gasteiger partial charge in [-0.2, -0.15) is 0 Å². The zero-order chi connectivity index (χ0) is 14.9. The number of nitrogens with one attached hydrogen (secondary N) is 1. The van der Waals surface area contributed by atoms with E-state index in [0.29, 0.717) is 16.1 Å². The number of hydrogen-bond donors (Lipinski definition) is 2. The number of nitrogen functional groups attached to an aromatic ring is 1. The molecule has 3 N–H and O–H groups in total. The molecule has 1 saturated heterocycles. The van der Waals surface area contributed by atoms with Crippen molar-refractivity contribution in [2.45, 2.75) is 37.6 Å². The largest absolute Gasteiger partial charge is 0.398 e. The van der Waals surface area contributed by atoms with Crippen molar-refractivity contribution >= 4 is 15.7 Å². The van der Waals surface area contributed by atoms with Crippen molar-refractivity contribution < 1.29 is 8.42 Å². The lowest BCUT2D eigenvalue weighted by molar-refractivity contribution is 0.248. The molecule has 0 saturated carbocycles. The minimum Gasteiger partial charge on any atom is -0.398 e. The van der Waals surface area contributed by atoms with E-state index in [1.165, 1.54) is 0 Å². The summed E-state index contributed by atoms with van der Waals surface area (Å²) in [4.78, 5) is 2.54. The molecule has 0 unspecified atom stereocenters. The summed E-state index contributed by atoms with van der Waals surface area (Å²) in [6.07, 6.45) is 1.69. The molecule has 0 atom stereocenters. The van der Waals surface area contributed by atoms with Crippen LogP contribution in [-0.4, -0.2) is 39.5 Å². The lowest BCUT2D eigenvalue weighted by atomic mass is 10.1. The second kappa shape index (κ2) is 5.71. The van der Waals surface area contributed by atoms with Crippen LogP contribution in [0, 0.1) is 13.8 Å². The molecule has 1 aromatic rings. The molecule has 1 fully saturated rings. The molecule has 1 heterocycles. The third-order valence-electron chi connectivity index (χ3n) is 3.95. The molecule has 0 bridgehead atoms. The number of piperidine rings is 1. The van der Waals surface area contributed by atoms with Crippen molar-refractivity contribution in [1.82, 2.24) is 9.62 Å². The lowest BCUT2D eigenvalue weighted by Gasteiger charge is -2.29. The van der Waals surface area contributed by atoms with Gasteiger partial charge in [0.1, 0.15) is 0 Å². The first-order valence-corrected chi connectivity index (χ1v) is 8.36. The fourth-order valence-corrected chi connectivity index (χ4v) is 4.47. The predicted molar refractivity (Wildman–Crippen MR) is 81.2 cm³/mol. The summed E-state index contributed by atoms with van der Waals surface area (Å²) in [5.41, 5.74) is 7.72. The molecule has 0 aromatic heterocycles. The lowest BCUT2D eigenvalue weighted by Crippen LogP contribution is -2.43. The van der Waals surface area contributed by atoms with Crippen molar-refractivity contribution in [2.75, 3.05) is 25.9 Å². The van der Waals surface area contributed by atoms with Gasteiger partial charge in [-0.05, 0) is 64.0 Å². The third-order valence-corrected chi connectivity index (χ3v) is 5.76. The highest BCUT2D eigenvalue weighted by atomic mass is 32.2. The van der Waals surface area contributed by atoms with E-state index in [9.17, 15) is 8.42 Å². The van der Waals surface area contributed by atoms with Crippen molar-refractivity contribution in [2.24, 2.45) is 0 Å². The van der Waals surface area contributed by atoms with Gasteiger partial charge in [-0.3, -0.25) is 0 Å². The molecule has 1 aliphatic heterocycles. The Labute approximate surface area is 121 Å². The van der Waals surface area contributed by atoms with E-state index in [-0.39, 0.29) is 6.04 Å². The number of sulfonamides is 1. The van der Waals surface area contributed by atoms with Gasteiger partial charge in [-0.25, -0.2) is 13.1 Å². The van der Waals surface area contributed by atoms with E-state index in [4.69, 9.17) is 5.73 Å². The van der Waals surface area contributed by atoms with Crippen LogP contribution in [0.15, 0.2) is 17.0 Å². The fourth-order valence-electron chi connectivity index (χ4n) is 2.66. The van der Waals surface area contributed by atoms with Gasteiger partial charge in [0.25, 0.3) is 0 Å². The molecule has 0 aliphatic carbocycles. The zero-order valence-electron chi connectivity index (χ0n) is 12.3. The molecule has 112 valence electrons. The van der Waals surface area contributed by atoms with E-state index < -0.39 is 10.0 Å². The van der Waals surface area contributed by atoms with E-state index in [2.05, 4.69) is 16.7 Å². The van der Waals surface area contributed by atoms with Gasteiger partial charge in [-0.15, -0.1) is 0 Å². The van der Waals surface area contributed by atoms with Crippen LogP contribution in [0.4, 0.5) is 5.69 Å². The monoisotopic (exact) mass is 297 g/mol. The maximum absolute atomic E-state index is 12.6. The zero-order valence-corrected chi connectivity index (χ0v) is 13.1. The first kappa shape index (κ1) is 15.3. The SMILES string of the molecule is Cc1ccc(N)c(C)c1S(=O)(=O)NC1CCN(C)CC1. The number of anilines is 1. The number of hydrogen-bond acceptors (Lipinski definition) is 4. The van der Waals surface area contributed by atoms with Crippen molar-refractivity contribution in [3.8, 4) is 0 Å². The molecule has 6 heteroatoms. The highest BCUT2D eigenvalue weighted by Gasteiger charge is 2.26. The smallest absolute Gasteiger partial charge is 0.241 e. The van der Waals surface area contributed by atoms with E-state index in [1.807, 2.05) is 0 Å². The fraction of sp³-hybridized carbons (Fsp3) is 0.571. The van der Waals surface area contributed by atoms with Crippen molar-refractivity contribution in [1.29, 1.82) is 0 Å². The second-order valence-corrected chi connectivity index (χ2v) is 7.28. The summed E-state index contributed by atoms with van der Waals surface area (Å²) in [6, 6.07) is 3.52. The molecule has 2 rings (SSSR count). The summed E-state index contributed by atoms with van der Waals surface area (Å²) < 4.78 is 28.0. The van der Waals surface area contributed by atoms with Crippen LogP contribution < -0.4 is 10.5 Å². The molecular weight excluding hydrogens is 274 g/mol. The Morgan fingerprint density at radius 3 is 2.45 bits per heavy atom. The first-order valence-electron chi connectivity index (χ1n) is 6.88. The molecule has 1 aromatic carbocycles. The van der Waals surface area contributed by atoms with Crippen LogP contribution in [0.2, 0.25) is 0 Å². The highest BCUT2D eigenvalue weighted by molar-refractivity contribution is 7.89. The van der Waals surface area contributed by atoms with Gasteiger partial charge >= 0.3 is 0 Å². The standard InChI is InChI=1S/C14H23N3O2S/c1-10-4-5-13(15)11(2)14(10)20(18,19)16-12-6-8-17(3)9-7-12/h4-5,12,16H,6-9,15H2,1-3H3. The van der Waals surface area contributed by atoms with Gasteiger partial charge in [0.05, 0.1) is 4.90 Å². The number of aryl methyl sites for hydroxylation is 1. The molecular formula is C14H23N3O2S. The Balaban J connectivity index is 2.25. The van der Waals surface area contributed by atoms with Gasteiger partial charge in [-0.1, -0.05) is 6.07 Å². The average Bonchev–Trinajstić information content (AvgIpc) is 2.37. The Bertz CT molecular complexity index is 591. The van der Waals surface area contributed by atoms with Crippen LogP contribution in [0.3, 0.4) is 0 Å². The van der Waals surface area contributed by atoms with Crippen LogP contribution in [0.1, 0.15) is 24.0 Å². The Morgan fingerprint density at radius 1 is 1.25 bits per heavy atom. The maximum atomic E-state index is 12.6. The summed E-state index contributed by atoms with van der Waals surface area (Å²) in [5.74, 6) is 0.